The highest BCUT2D eigenvalue weighted by molar-refractivity contribution is 6.22. The molecule has 5 aromatic rings. The van der Waals surface area contributed by atoms with Crippen molar-refractivity contribution in [2.24, 2.45) is 0 Å². The monoisotopic (exact) mass is 426 g/mol. The van der Waals surface area contributed by atoms with Crippen LogP contribution >= 0.6 is 0 Å². The lowest BCUT2D eigenvalue weighted by molar-refractivity contribution is 0.343. The summed E-state index contributed by atoms with van der Waals surface area (Å²) in [5, 5.41) is 59.0. The van der Waals surface area contributed by atoms with Crippen molar-refractivity contribution in [3.63, 3.8) is 0 Å². The van der Waals surface area contributed by atoms with E-state index in [0.717, 1.165) is 24.3 Å². The predicted octanol–water partition coefficient (Wildman–Crippen LogP) is 2.52. The summed E-state index contributed by atoms with van der Waals surface area (Å²) >= 11 is 0. The van der Waals surface area contributed by atoms with Crippen LogP contribution in [0.2, 0.25) is 0 Å². The van der Waals surface area contributed by atoms with E-state index in [4.69, 9.17) is 13.6 Å². The molecule has 0 saturated carbocycles. The maximum atomic E-state index is 12.5. The maximum Gasteiger partial charge on any atom is 0.344 e. The quantitative estimate of drug-likeness (QED) is 0.138. The third kappa shape index (κ3) is 2.34. The molecule has 0 atom stereocenters. The van der Waals surface area contributed by atoms with Gasteiger partial charge in [-0.15, -0.1) is 0 Å². The Morgan fingerprint density at radius 2 is 1.23 bits per heavy atom. The van der Waals surface area contributed by atoms with E-state index in [-0.39, 0.29) is 21.5 Å². The molecule has 3 aromatic carbocycles. The molecule has 0 aliphatic rings. The van der Waals surface area contributed by atoms with Crippen LogP contribution in [0.1, 0.15) is 0 Å². The minimum atomic E-state index is -1.02. The molecule has 31 heavy (non-hydrogen) atoms. The van der Waals surface area contributed by atoms with Crippen LogP contribution in [0.15, 0.2) is 42.7 Å². The van der Waals surface area contributed by atoms with E-state index < -0.39 is 68.4 Å². The molecule has 0 spiro atoms. The van der Waals surface area contributed by atoms with E-state index >= 15 is 0 Å². The number of hydrogen-bond acceptors (Lipinski definition) is 11. The highest BCUT2D eigenvalue weighted by Crippen LogP contribution is 2.49. The van der Waals surface area contributed by atoms with E-state index in [2.05, 4.69) is 0 Å². The Morgan fingerprint density at radius 3 is 1.90 bits per heavy atom. The van der Waals surface area contributed by atoms with Gasteiger partial charge in [0.1, 0.15) is 0 Å². The number of phenolic OH excluding ortho intramolecular Hbond substituents is 6. The topological polar surface area (TPSA) is 191 Å². The summed E-state index contributed by atoms with van der Waals surface area (Å²) in [6.45, 7) is 0. The van der Waals surface area contributed by atoms with Crippen LogP contribution in [0.3, 0.4) is 0 Å². The lowest BCUT2D eigenvalue weighted by atomic mass is 10.0. The first-order valence-corrected chi connectivity index (χ1v) is 8.54. The van der Waals surface area contributed by atoms with Gasteiger partial charge in [0.05, 0.1) is 10.8 Å². The fourth-order valence-electron chi connectivity index (χ4n) is 3.41. The average molecular weight is 426 g/mol. The third-order valence-corrected chi connectivity index (χ3v) is 4.84. The van der Waals surface area contributed by atoms with Crippen molar-refractivity contribution >= 4 is 32.7 Å². The summed E-state index contributed by atoms with van der Waals surface area (Å²) in [5.41, 5.74) is -2.94. The molecule has 0 saturated heterocycles. The van der Waals surface area contributed by atoms with Gasteiger partial charge in [-0.25, -0.2) is 9.59 Å². The molecule has 5 rings (SSSR count). The van der Waals surface area contributed by atoms with E-state index in [1.54, 1.807) is 0 Å². The van der Waals surface area contributed by atoms with Crippen molar-refractivity contribution in [2.75, 3.05) is 0 Å². The zero-order chi connectivity index (χ0) is 22.2. The molecule has 0 aliphatic heterocycles. The molecule has 6 N–H and O–H groups in total. The standard InChI is InChI=1S/C20H10O11/c21-7-1-2-10(15(26)13(7)24)29-16-9(23)4-6-12-11-5(20(28)31-18(12)16)3-8(22)14(25)17(11)30-19(6)27/h1-4,21-26H. The molecule has 11 nitrogen and oxygen atoms in total. The summed E-state index contributed by atoms with van der Waals surface area (Å²) in [6, 6.07) is 3.96. The number of phenols is 6. The smallest absolute Gasteiger partial charge is 0.344 e. The molecule has 156 valence electrons. The van der Waals surface area contributed by atoms with Gasteiger partial charge in [-0.05, 0) is 24.3 Å². The van der Waals surface area contributed by atoms with E-state index in [1.807, 2.05) is 0 Å². The second-order valence-electron chi connectivity index (χ2n) is 6.63. The SMILES string of the molecule is O=c1oc2c(Oc3ccc(O)c(O)c3O)c(O)cc3c(=O)oc4c(O)c(O)cc1c4c23. The Hall–Kier alpha value is -4.80. The largest absolute Gasteiger partial charge is 0.504 e. The summed E-state index contributed by atoms with van der Waals surface area (Å²) in [4.78, 5) is 25.0. The van der Waals surface area contributed by atoms with Gasteiger partial charge in [0.2, 0.25) is 23.0 Å². The van der Waals surface area contributed by atoms with Gasteiger partial charge in [0.15, 0.2) is 34.2 Å². The minimum Gasteiger partial charge on any atom is -0.504 e. The van der Waals surface area contributed by atoms with Gasteiger partial charge in [-0.1, -0.05) is 0 Å². The second-order valence-corrected chi connectivity index (χ2v) is 6.63. The summed E-state index contributed by atoms with van der Waals surface area (Å²) in [6.07, 6.45) is 0. The van der Waals surface area contributed by atoms with Crippen LogP contribution in [0.5, 0.6) is 46.0 Å². The Kier molecular flexibility index (Phi) is 3.45. The summed E-state index contributed by atoms with van der Waals surface area (Å²) in [7, 11) is 0. The van der Waals surface area contributed by atoms with Crippen LogP contribution < -0.4 is 16.0 Å². The average Bonchev–Trinajstić information content (AvgIpc) is 2.73. The van der Waals surface area contributed by atoms with E-state index in [1.165, 1.54) is 0 Å². The summed E-state index contributed by atoms with van der Waals surface area (Å²) in [5.74, 6) is -5.50. The fraction of sp³-hybridized carbons (Fsp3) is 0. The third-order valence-electron chi connectivity index (χ3n) is 4.84. The zero-order valence-electron chi connectivity index (χ0n) is 15.0. The molecule has 0 unspecified atom stereocenters. The molecule has 0 amide bonds. The number of aromatic hydroxyl groups is 6. The van der Waals surface area contributed by atoms with Gasteiger partial charge >= 0.3 is 11.3 Å². The first-order valence-electron chi connectivity index (χ1n) is 8.54. The van der Waals surface area contributed by atoms with E-state index in [0.29, 0.717) is 0 Å². The molecular weight excluding hydrogens is 416 g/mol. The van der Waals surface area contributed by atoms with Crippen LogP contribution in [0, 0.1) is 0 Å². The molecule has 2 heterocycles. The van der Waals surface area contributed by atoms with Crippen molar-refractivity contribution in [2.45, 2.75) is 0 Å². The molecule has 11 heteroatoms. The minimum absolute atomic E-state index is 0.0635. The maximum absolute atomic E-state index is 12.5. The molecule has 0 radical (unpaired) electrons. The first-order chi connectivity index (χ1) is 14.7. The number of hydrogen-bond donors (Lipinski definition) is 6. The normalized spacial score (nSPS) is 11.6. The first kappa shape index (κ1) is 18.2. The van der Waals surface area contributed by atoms with Gasteiger partial charge in [-0.3, -0.25) is 0 Å². The van der Waals surface area contributed by atoms with Crippen molar-refractivity contribution in [1.29, 1.82) is 0 Å². The number of benzene rings is 3. The van der Waals surface area contributed by atoms with Gasteiger partial charge in [-0.2, -0.15) is 0 Å². The predicted molar refractivity (Wildman–Crippen MR) is 104 cm³/mol. The van der Waals surface area contributed by atoms with Gasteiger partial charge in [0, 0.05) is 10.8 Å². The van der Waals surface area contributed by atoms with Crippen LogP contribution in [0.25, 0.3) is 32.7 Å². The highest BCUT2D eigenvalue weighted by atomic mass is 16.5. The Balaban J connectivity index is 1.94. The van der Waals surface area contributed by atoms with E-state index in [9.17, 15) is 40.2 Å². The number of rotatable bonds is 2. The van der Waals surface area contributed by atoms with Gasteiger partial charge in [0.25, 0.3) is 0 Å². The Labute approximate surface area is 168 Å². The van der Waals surface area contributed by atoms with Crippen molar-refractivity contribution in [1.82, 2.24) is 0 Å². The molecule has 0 aliphatic carbocycles. The Bertz CT molecular complexity index is 1660. The van der Waals surface area contributed by atoms with Crippen LogP contribution in [0.4, 0.5) is 0 Å². The number of ether oxygens (including phenoxy) is 1. The fourth-order valence-corrected chi connectivity index (χ4v) is 3.41. The van der Waals surface area contributed by atoms with Crippen molar-refractivity contribution in [3.8, 4) is 46.0 Å². The van der Waals surface area contributed by atoms with Crippen molar-refractivity contribution in [3.05, 3.63) is 45.1 Å². The zero-order valence-corrected chi connectivity index (χ0v) is 15.0. The molecule has 0 bridgehead atoms. The summed E-state index contributed by atoms with van der Waals surface area (Å²) < 4.78 is 15.7. The Morgan fingerprint density at radius 1 is 0.645 bits per heavy atom. The van der Waals surface area contributed by atoms with Crippen LogP contribution in [-0.2, 0) is 0 Å². The van der Waals surface area contributed by atoms with Gasteiger partial charge < -0.3 is 44.2 Å². The molecule has 0 fully saturated rings. The molecular formula is C20H10O11. The lowest BCUT2D eigenvalue weighted by Crippen LogP contribution is -2.07. The van der Waals surface area contributed by atoms with Crippen LogP contribution in [-0.4, -0.2) is 30.6 Å². The second kappa shape index (κ2) is 5.86. The molecule has 2 aromatic heterocycles. The highest BCUT2D eigenvalue weighted by Gasteiger charge is 2.27. The lowest BCUT2D eigenvalue weighted by Gasteiger charge is -2.15. The van der Waals surface area contributed by atoms with Crippen molar-refractivity contribution < 1.29 is 44.2 Å².